The van der Waals surface area contributed by atoms with Crippen LogP contribution in [0.2, 0.25) is 0 Å². The number of nitrogens with zero attached hydrogens (tertiary/aromatic N) is 4. The Hall–Kier alpha value is -0.940. The second-order valence-electron chi connectivity index (χ2n) is 8.81. The molecule has 0 spiro atoms. The number of benzene rings is 1. The van der Waals surface area contributed by atoms with E-state index in [0.717, 1.165) is 71.4 Å². The van der Waals surface area contributed by atoms with Crippen molar-refractivity contribution in [3.63, 3.8) is 0 Å². The zero-order valence-corrected chi connectivity index (χ0v) is 22.8. The van der Waals surface area contributed by atoms with Crippen molar-refractivity contribution in [2.24, 2.45) is 4.99 Å². The first-order chi connectivity index (χ1) is 15.8. The minimum Gasteiger partial charge on any atom is -0.379 e. The van der Waals surface area contributed by atoms with Crippen LogP contribution in [0.15, 0.2) is 35.3 Å². The molecule has 1 aromatic carbocycles. The third kappa shape index (κ3) is 11.8. The van der Waals surface area contributed by atoms with Gasteiger partial charge < -0.3 is 20.3 Å². The summed E-state index contributed by atoms with van der Waals surface area (Å²) in [4.78, 5) is 12.4. The molecule has 2 N–H and O–H groups in total. The molecule has 0 atom stereocenters. The lowest BCUT2D eigenvalue weighted by Gasteiger charge is -2.34. The van der Waals surface area contributed by atoms with Gasteiger partial charge in [0, 0.05) is 72.0 Å². The van der Waals surface area contributed by atoms with Crippen LogP contribution in [-0.2, 0) is 11.3 Å². The standard InChI is InChI=1S/C25H44N6O.HI/c1-2-26-25(28-12-8-14-30-19-21-32-22-20-30)27-11-6-7-13-29-15-17-31(18-16-29)23-24-9-4-3-5-10-24;/h3-5,9-10H,2,6-8,11-23H2,1H3,(H2,26,27,28);1H. The number of nitrogens with one attached hydrogen (secondary N) is 2. The summed E-state index contributed by atoms with van der Waals surface area (Å²) in [5.74, 6) is 0.962. The Morgan fingerprint density at radius 1 is 0.848 bits per heavy atom. The maximum atomic E-state index is 5.41. The first-order valence-corrected chi connectivity index (χ1v) is 12.6. The molecule has 0 saturated carbocycles. The van der Waals surface area contributed by atoms with Crippen molar-refractivity contribution < 1.29 is 4.74 Å². The summed E-state index contributed by atoms with van der Waals surface area (Å²) in [6.45, 7) is 16.9. The predicted molar refractivity (Wildman–Crippen MR) is 149 cm³/mol. The van der Waals surface area contributed by atoms with Crippen molar-refractivity contribution in [3.05, 3.63) is 35.9 Å². The number of halogens is 1. The van der Waals surface area contributed by atoms with Crippen LogP contribution in [0.3, 0.4) is 0 Å². The SMILES string of the molecule is CCNC(=NCCCN1CCOCC1)NCCCCN1CCN(Cc2ccccc2)CC1.I. The van der Waals surface area contributed by atoms with E-state index in [-0.39, 0.29) is 24.0 Å². The van der Waals surface area contributed by atoms with Crippen LogP contribution in [-0.4, -0.2) is 106 Å². The van der Waals surface area contributed by atoms with Gasteiger partial charge in [0.25, 0.3) is 0 Å². The van der Waals surface area contributed by atoms with Gasteiger partial charge in [-0.2, -0.15) is 0 Å². The molecule has 2 saturated heterocycles. The molecule has 0 aromatic heterocycles. The summed E-state index contributed by atoms with van der Waals surface area (Å²) in [6.07, 6.45) is 3.53. The van der Waals surface area contributed by atoms with Crippen LogP contribution in [0.1, 0.15) is 31.7 Å². The summed E-state index contributed by atoms with van der Waals surface area (Å²) in [5.41, 5.74) is 1.42. The Labute approximate surface area is 218 Å². The van der Waals surface area contributed by atoms with Gasteiger partial charge in [-0.1, -0.05) is 30.3 Å². The minimum atomic E-state index is 0. The van der Waals surface area contributed by atoms with E-state index >= 15 is 0 Å². The summed E-state index contributed by atoms with van der Waals surface area (Å²) >= 11 is 0. The van der Waals surface area contributed by atoms with Crippen molar-refractivity contribution in [1.29, 1.82) is 0 Å². The fourth-order valence-electron chi connectivity index (χ4n) is 4.33. The van der Waals surface area contributed by atoms with Crippen LogP contribution in [0.4, 0.5) is 0 Å². The molecule has 8 heteroatoms. The van der Waals surface area contributed by atoms with Gasteiger partial charge in [-0.15, -0.1) is 24.0 Å². The zero-order chi connectivity index (χ0) is 22.3. The highest BCUT2D eigenvalue weighted by Crippen LogP contribution is 2.09. The number of hydrogen-bond donors (Lipinski definition) is 2. The maximum absolute atomic E-state index is 5.41. The van der Waals surface area contributed by atoms with Crippen LogP contribution >= 0.6 is 24.0 Å². The van der Waals surface area contributed by atoms with Crippen molar-refractivity contribution in [2.75, 3.05) is 85.2 Å². The second kappa shape index (κ2) is 17.5. The zero-order valence-electron chi connectivity index (χ0n) is 20.5. The molecule has 188 valence electrons. The van der Waals surface area contributed by atoms with Gasteiger partial charge in [-0.3, -0.25) is 14.8 Å². The first kappa shape index (κ1) is 28.3. The fraction of sp³-hybridized carbons (Fsp3) is 0.720. The van der Waals surface area contributed by atoms with Gasteiger partial charge in [0.05, 0.1) is 13.2 Å². The molecule has 3 rings (SSSR count). The number of rotatable bonds is 12. The smallest absolute Gasteiger partial charge is 0.191 e. The largest absolute Gasteiger partial charge is 0.379 e. The number of morpholine rings is 1. The Bertz CT molecular complexity index is 633. The lowest BCUT2D eigenvalue weighted by Crippen LogP contribution is -2.46. The van der Waals surface area contributed by atoms with Gasteiger partial charge in [-0.25, -0.2) is 0 Å². The van der Waals surface area contributed by atoms with Gasteiger partial charge in [-0.05, 0) is 38.3 Å². The fourth-order valence-corrected chi connectivity index (χ4v) is 4.33. The molecule has 0 bridgehead atoms. The molecule has 0 unspecified atom stereocenters. The van der Waals surface area contributed by atoms with E-state index in [1.807, 2.05) is 0 Å². The normalized spacial score (nSPS) is 18.6. The number of piperazine rings is 1. The molecule has 7 nitrogen and oxygen atoms in total. The highest BCUT2D eigenvalue weighted by Gasteiger charge is 2.16. The second-order valence-corrected chi connectivity index (χ2v) is 8.81. The Kier molecular flexibility index (Phi) is 15.0. The third-order valence-electron chi connectivity index (χ3n) is 6.26. The van der Waals surface area contributed by atoms with Gasteiger partial charge in [0.1, 0.15) is 0 Å². The number of hydrogen-bond acceptors (Lipinski definition) is 5. The highest BCUT2D eigenvalue weighted by atomic mass is 127. The van der Waals surface area contributed by atoms with E-state index in [2.05, 4.69) is 62.6 Å². The number of guanidine groups is 1. The van der Waals surface area contributed by atoms with Gasteiger partial charge in [0.2, 0.25) is 0 Å². The first-order valence-electron chi connectivity index (χ1n) is 12.6. The van der Waals surface area contributed by atoms with Crippen molar-refractivity contribution in [2.45, 2.75) is 32.7 Å². The van der Waals surface area contributed by atoms with Gasteiger partial charge >= 0.3 is 0 Å². The van der Waals surface area contributed by atoms with Crippen LogP contribution in [0.25, 0.3) is 0 Å². The lowest BCUT2D eigenvalue weighted by molar-refractivity contribution is 0.0377. The number of unbranched alkanes of at least 4 members (excludes halogenated alkanes) is 1. The maximum Gasteiger partial charge on any atom is 0.191 e. The molecule has 0 radical (unpaired) electrons. The molecular weight excluding hydrogens is 527 g/mol. The van der Waals surface area contributed by atoms with E-state index in [4.69, 9.17) is 9.73 Å². The van der Waals surface area contributed by atoms with Crippen LogP contribution in [0.5, 0.6) is 0 Å². The Morgan fingerprint density at radius 3 is 2.24 bits per heavy atom. The molecule has 33 heavy (non-hydrogen) atoms. The third-order valence-corrected chi connectivity index (χ3v) is 6.26. The Balaban J connectivity index is 0.00000385. The van der Waals surface area contributed by atoms with E-state index in [1.165, 1.54) is 51.1 Å². The quantitative estimate of drug-likeness (QED) is 0.174. The van der Waals surface area contributed by atoms with Crippen molar-refractivity contribution in [1.82, 2.24) is 25.3 Å². The van der Waals surface area contributed by atoms with Crippen LogP contribution < -0.4 is 10.6 Å². The van der Waals surface area contributed by atoms with E-state index < -0.39 is 0 Å². The predicted octanol–water partition coefficient (Wildman–Crippen LogP) is 2.48. The van der Waals surface area contributed by atoms with Crippen LogP contribution in [0, 0.1) is 0 Å². The van der Waals surface area contributed by atoms with Gasteiger partial charge in [0.15, 0.2) is 5.96 Å². The summed E-state index contributed by atoms with van der Waals surface area (Å²) in [5, 5.41) is 6.89. The number of aliphatic imine (C=N–C) groups is 1. The molecule has 2 heterocycles. The molecule has 1 aromatic rings. The average Bonchev–Trinajstić information content (AvgIpc) is 2.84. The monoisotopic (exact) mass is 572 g/mol. The molecule has 0 amide bonds. The molecule has 0 aliphatic carbocycles. The van der Waals surface area contributed by atoms with Crippen molar-refractivity contribution in [3.8, 4) is 0 Å². The lowest BCUT2D eigenvalue weighted by atomic mass is 10.2. The summed E-state index contributed by atoms with van der Waals surface area (Å²) in [7, 11) is 0. The van der Waals surface area contributed by atoms with E-state index in [0.29, 0.717) is 0 Å². The highest BCUT2D eigenvalue weighted by molar-refractivity contribution is 14.0. The number of ether oxygens (including phenoxy) is 1. The summed E-state index contributed by atoms with van der Waals surface area (Å²) in [6, 6.07) is 10.8. The average molecular weight is 573 g/mol. The molecular formula is C25H45IN6O. The van der Waals surface area contributed by atoms with Crippen molar-refractivity contribution >= 4 is 29.9 Å². The molecule has 2 aliphatic rings. The van der Waals surface area contributed by atoms with E-state index in [1.54, 1.807) is 0 Å². The molecule has 2 fully saturated rings. The minimum absolute atomic E-state index is 0. The summed E-state index contributed by atoms with van der Waals surface area (Å²) < 4.78 is 5.41. The van der Waals surface area contributed by atoms with E-state index in [9.17, 15) is 0 Å². The molecule has 2 aliphatic heterocycles. The topological polar surface area (TPSA) is 55.4 Å². The Morgan fingerprint density at radius 2 is 1.52 bits per heavy atom.